The van der Waals surface area contributed by atoms with E-state index < -0.39 is 0 Å². The zero-order valence-corrected chi connectivity index (χ0v) is 2.56. The summed E-state index contributed by atoms with van der Waals surface area (Å²) in [7, 11) is 0. The Kier molecular flexibility index (Phi) is 129. The molecule has 1 nitrogen and oxygen atoms in total. The van der Waals surface area contributed by atoms with E-state index in [2.05, 4.69) is 0 Å². The summed E-state index contributed by atoms with van der Waals surface area (Å²) in [5.41, 5.74) is 0. The van der Waals surface area contributed by atoms with Gasteiger partial charge in [0.25, 0.3) is 0 Å². The van der Waals surface area contributed by atoms with Crippen molar-refractivity contribution in [2.24, 2.45) is 0 Å². The van der Waals surface area contributed by atoms with E-state index in [0.717, 1.165) is 0 Å². The van der Waals surface area contributed by atoms with Crippen molar-refractivity contribution in [1.29, 1.82) is 0 Å². The number of rotatable bonds is 0. The van der Waals surface area contributed by atoms with Crippen LogP contribution < -0.4 is 0 Å². The monoisotopic (exact) mass is 134 g/mol. The normalized spacial score (nSPS) is 0. The summed E-state index contributed by atoms with van der Waals surface area (Å²) >= 11 is 0. The second kappa shape index (κ2) is 17.3. The van der Waals surface area contributed by atoms with Crippen molar-refractivity contribution in [1.82, 2.24) is 0 Å². The van der Waals surface area contributed by atoms with Gasteiger partial charge in [-0.2, -0.15) is 0 Å². The topological polar surface area (TPSA) is 31.5 Å². The molecule has 0 heterocycles. The van der Waals surface area contributed by atoms with Crippen LogP contribution in [0.1, 0.15) is 0 Å². The van der Waals surface area contributed by atoms with Gasteiger partial charge in [-0.05, 0) is 0 Å². The fourth-order valence-corrected chi connectivity index (χ4v) is 0. The molecular weight excluding hydrogens is 128 g/mol. The molecule has 0 aliphatic rings. The van der Waals surface area contributed by atoms with E-state index in [9.17, 15) is 0 Å². The van der Waals surface area contributed by atoms with Crippen molar-refractivity contribution >= 4 is 60.8 Å². The van der Waals surface area contributed by atoms with Gasteiger partial charge in [-0.15, -0.1) is 0 Å². The third-order valence-corrected chi connectivity index (χ3v) is 0. The van der Waals surface area contributed by atoms with Crippen molar-refractivity contribution in [2.75, 3.05) is 0 Å². The Labute approximate surface area is 86.2 Å². The van der Waals surface area contributed by atoms with Crippen LogP contribution in [-0.4, -0.2) is 66.3 Å². The molecule has 0 unspecified atom stereocenters. The largest absolute Gasteiger partial charge is 0.316 e. The average molecular weight is 134 g/mol. The first-order chi connectivity index (χ1) is 0. The Morgan fingerprint density at radius 3 is 1.00 bits per heavy atom. The van der Waals surface area contributed by atoms with Gasteiger partial charge in [-0.25, -0.2) is 0 Å². The average Bonchev–Trinajstić information content (AvgIpc) is 0. The third kappa shape index (κ3) is 8.83. The van der Waals surface area contributed by atoms with Crippen molar-refractivity contribution in [3.05, 3.63) is 0 Å². The minimum absolute atomic E-state index is 0. The molecule has 0 atom stereocenters. The number of hydrogen-bond donors (Lipinski definition) is 0. The second-order valence-electron chi connectivity index (χ2n) is 0. The Morgan fingerprint density at radius 2 is 1.00 bits per heavy atom. The molecular formula is H6CaMgOTi. The minimum atomic E-state index is 0. The first-order valence-corrected chi connectivity index (χ1v) is 0. The zero-order valence-electron chi connectivity index (χ0n) is 1.00. The molecule has 0 amide bonds. The molecule has 4 heteroatoms. The summed E-state index contributed by atoms with van der Waals surface area (Å²) in [5, 5.41) is 0. The molecule has 0 saturated carbocycles. The van der Waals surface area contributed by atoms with Crippen LogP contribution in [0.15, 0.2) is 0 Å². The first-order valence-electron chi connectivity index (χ1n) is 0. The minimum Gasteiger partial charge on any atom is 0 e. The van der Waals surface area contributed by atoms with Crippen LogP contribution in [0.5, 0.6) is 0 Å². The SMILES string of the molecule is O.[CaH2].[MgH2].[Ti]. The van der Waals surface area contributed by atoms with Crippen LogP contribution in [0, 0.1) is 0 Å². The summed E-state index contributed by atoms with van der Waals surface area (Å²) in [5.74, 6) is 0. The molecule has 2 N–H and O–H groups in total. The van der Waals surface area contributed by atoms with Gasteiger partial charge in [0.2, 0.25) is 0 Å². The molecule has 0 spiro atoms. The molecule has 0 aliphatic carbocycles. The van der Waals surface area contributed by atoms with E-state index in [1.54, 1.807) is 0 Å². The molecule has 0 saturated heterocycles. The molecule has 0 aromatic rings. The Balaban J connectivity index is 0. The van der Waals surface area contributed by atoms with Crippen molar-refractivity contribution in [3.63, 3.8) is 0 Å². The summed E-state index contributed by atoms with van der Waals surface area (Å²) in [4.78, 5) is 0. The van der Waals surface area contributed by atoms with Gasteiger partial charge in [-0.1, -0.05) is 0 Å². The molecule has 0 rings (SSSR count). The predicted octanol–water partition coefficient (Wildman–Crippen LogP) is -2.66. The maximum atomic E-state index is 0. The Bertz CT molecular complexity index is 8.00. The summed E-state index contributed by atoms with van der Waals surface area (Å²) in [6.45, 7) is 0. The Hall–Kier alpha value is 2.70. The van der Waals surface area contributed by atoms with Gasteiger partial charge >= 0.3 is 60.8 Å². The van der Waals surface area contributed by atoms with E-state index in [0.29, 0.717) is 0 Å². The summed E-state index contributed by atoms with van der Waals surface area (Å²) < 4.78 is 0. The van der Waals surface area contributed by atoms with E-state index in [1.807, 2.05) is 0 Å². The quantitative estimate of drug-likeness (QED) is 0.324. The molecule has 0 aromatic carbocycles. The van der Waals surface area contributed by atoms with Crippen molar-refractivity contribution < 1.29 is 27.2 Å². The van der Waals surface area contributed by atoms with Gasteiger partial charge in [0.1, 0.15) is 0 Å². The van der Waals surface area contributed by atoms with Crippen LogP contribution >= 0.6 is 0 Å². The van der Waals surface area contributed by atoms with E-state index >= 15 is 0 Å². The van der Waals surface area contributed by atoms with E-state index in [1.165, 1.54) is 0 Å². The molecule has 0 aromatic heterocycles. The van der Waals surface area contributed by atoms with Crippen molar-refractivity contribution in [3.8, 4) is 0 Å². The first kappa shape index (κ1) is 29.9. The summed E-state index contributed by atoms with van der Waals surface area (Å²) in [6.07, 6.45) is 0. The smallest absolute Gasteiger partial charge is 0 e. The number of hydrogen-bond acceptors (Lipinski definition) is 0. The Morgan fingerprint density at radius 1 is 1.00 bits per heavy atom. The van der Waals surface area contributed by atoms with Crippen LogP contribution in [0.3, 0.4) is 0 Å². The van der Waals surface area contributed by atoms with Gasteiger partial charge < -0.3 is 5.48 Å². The summed E-state index contributed by atoms with van der Waals surface area (Å²) in [6, 6.07) is 0. The van der Waals surface area contributed by atoms with Crippen LogP contribution in [0.25, 0.3) is 0 Å². The fraction of sp³-hybridized carbons (Fsp3) is 0. The van der Waals surface area contributed by atoms with Gasteiger partial charge in [-0.3, -0.25) is 0 Å². The standard InChI is InChI=1S/Ca.Mg.H2O.Ti.4H/h;;1H2;;;;;. The molecule has 0 fully saturated rings. The van der Waals surface area contributed by atoms with Crippen LogP contribution in [0.4, 0.5) is 0 Å². The predicted molar refractivity (Wildman–Crippen MR) is 20.7 cm³/mol. The molecule has 4 heavy (non-hydrogen) atoms. The second-order valence-corrected chi connectivity index (χ2v) is 0. The third-order valence-electron chi connectivity index (χ3n) is 0. The van der Waals surface area contributed by atoms with Crippen LogP contribution in [0.2, 0.25) is 0 Å². The van der Waals surface area contributed by atoms with Gasteiger partial charge in [0.05, 0.1) is 0 Å². The maximum Gasteiger partial charge on any atom is 0.316 e. The van der Waals surface area contributed by atoms with E-state index in [4.69, 9.17) is 0 Å². The molecule has 0 aliphatic heterocycles. The fourth-order valence-electron chi connectivity index (χ4n) is 0. The van der Waals surface area contributed by atoms with Crippen LogP contribution in [-0.2, 0) is 21.7 Å². The maximum absolute atomic E-state index is 0. The van der Waals surface area contributed by atoms with Gasteiger partial charge in [0, 0.05) is 21.7 Å². The molecule has 0 radical (unpaired) electrons. The van der Waals surface area contributed by atoms with E-state index in [-0.39, 0.29) is 88.0 Å². The zero-order chi connectivity index (χ0) is 0. The van der Waals surface area contributed by atoms with Crippen molar-refractivity contribution in [2.45, 2.75) is 0 Å². The molecule has 20 valence electrons. The molecule has 0 bridgehead atoms. The van der Waals surface area contributed by atoms with Gasteiger partial charge in [0.15, 0.2) is 0 Å².